The van der Waals surface area contributed by atoms with Gasteiger partial charge in [0.05, 0.1) is 12.6 Å². The smallest absolute Gasteiger partial charge is 0.173 e. The van der Waals surface area contributed by atoms with Crippen LogP contribution in [0.3, 0.4) is 0 Å². The summed E-state index contributed by atoms with van der Waals surface area (Å²) in [5.74, 6) is 0.756. The van der Waals surface area contributed by atoms with Gasteiger partial charge in [-0.1, -0.05) is 70.0 Å². The van der Waals surface area contributed by atoms with Gasteiger partial charge in [-0.2, -0.15) is 0 Å². The second-order valence-electron chi connectivity index (χ2n) is 7.55. The molecule has 0 fully saturated rings. The fraction of sp³-hybridized carbons (Fsp3) is 0.125. The monoisotopic (exact) mass is 506 g/mol. The number of hydrogen-bond acceptors (Lipinski definition) is 4. The van der Waals surface area contributed by atoms with Gasteiger partial charge in [0.2, 0.25) is 0 Å². The lowest BCUT2D eigenvalue weighted by atomic mass is 10.1. The zero-order chi connectivity index (χ0) is 21.9. The number of nitrogens with one attached hydrogen (secondary N) is 2. The van der Waals surface area contributed by atoms with Gasteiger partial charge in [-0.25, -0.2) is 4.68 Å². The molecule has 1 atom stereocenters. The fourth-order valence-electron chi connectivity index (χ4n) is 3.79. The van der Waals surface area contributed by atoms with Crippen molar-refractivity contribution in [2.75, 3.05) is 0 Å². The molecule has 3 aromatic carbocycles. The third kappa shape index (κ3) is 4.46. The van der Waals surface area contributed by atoms with E-state index in [4.69, 9.17) is 11.6 Å². The van der Waals surface area contributed by atoms with E-state index in [-0.39, 0.29) is 6.04 Å². The molecule has 5 aromatic rings. The van der Waals surface area contributed by atoms with Crippen molar-refractivity contribution < 1.29 is 0 Å². The Hall–Kier alpha value is -3.00. The molecule has 8 heteroatoms. The summed E-state index contributed by atoms with van der Waals surface area (Å²) in [4.78, 5) is 3.32. The summed E-state index contributed by atoms with van der Waals surface area (Å²) in [5, 5.41) is 18.2. The number of tetrazole rings is 1. The molecule has 0 aliphatic carbocycles. The van der Waals surface area contributed by atoms with Crippen molar-refractivity contribution in [3.8, 4) is 0 Å². The Morgan fingerprint density at radius 2 is 1.78 bits per heavy atom. The minimum absolute atomic E-state index is 0.181. The van der Waals surface area contributed by atoms with Crippen LogP contribution in [0.5, 0.6) is 0 Å². The van der Waals surface area contributed by atoms with Crippen LogP contribution >= 0.6 is 27.5 Å². The third-order valence-corrected chi connectivity index (χ3v) is 6.22. The minimum Gasteiger partial charge on any atom is -0.361 e. The van der Waals surface area contributed by atoms with Gasteiger partial charge in [0.15, 0.2) is 5.82 Å². The maximum Gasteiger partial charge on any atom is 0.173 e. The average molecular weight is 508 g/mol. The summed E-state index contributed by atoms with van der Waals surface area (Å²) in [6.45, 7) is 1.22. The topological polar surface area (TPSA) is 71.4 Å². The second kappa shape index (κ2) is 9.24. The molecule has 0 aliphatic heterocycles. The van der Waals surface area contributed by atoms with Crippen LogP contribution in [-0.4, -0.2) is 25.2 Å². The van der Waals surface area contributed by atoms with E-state index >= 15 is 0 Å². The standard InChI is InChI=1S/C24H20BrClN6/c25-19-9-7-17(8-10-19)23(28-13-16-5-11-20(26)12-6-16)24-29-30-31-32(24)15-18-14-27-22-4-2-1-3-21(18)22/h1-12,14,23,27-28H,13,15H2. The molecule has 1 unspecified atom stereocenters. The Bertz CT molecular complexity index is 1330. The van der Waals surface area contributed by atoms with Crippen molar-refractivity contribution in [2.24, 2.45) is 0 Å². The van der Waals surface area contributed by atoms with E-state index in [2.05, 4.69) is 66.0 Å². The number of fused-ring (bicyclic) bond motifs is 1. The summed E-state index contributed by atoms with van der Waals surface area (Å²) >= 11 is 9.56. The highest BCUT2D eigenvalue weighted by atomic mass is 79.9. The van der Waals surface area contributed by atoms with Gasteiger partial charge in [0.25, 0.3) is 0 Å². The third-order valence-electron chi connectivity index (χ3n) is 5.44. The number of aromatic nitrogens is 5. The molecule has 2 N–H and O–H groups in total. The van der Waals surface area contributed by atoms with Gasteiger partial charge in [0.1, 0.15) is 0 Å². The molecular formula is C24H20BrClN6. The van der Waals surface area contributed by atoms with Crippen LogP contribution < -0.4 is 5.32 Å². The van der Waals surface area contributed by atoms with Gasteiger partial charge in [0, 0.05) is 33.1 Å². The number of halogens is 2. The van der Waals surface area contributed by atoms with E-state index < -0.39 is 0 Å². The molecule has 6 nitrogen and oxygen atoms in total. The minimum atomic E-state index is -0.181. The molecule has 0 saturated heterocycles. The van der Waals surface area contributed by atoms with Gasteiger partial charge >= 0.3 is 0 Å². The Morgan fingerprint density at radius 3 is 2.59 bits per heavy atom. The molecule has 0 bridgehead atoms. The molecule has 0 spiro atoms. The summed E-state index contributed by atoms with van der Waals surface area (Å²) < 4.78 is 2.88. The number of nitrogens with zero attached hydrogens (tertiary/aromatic N) is 4. The molecule has 32 heavy (non-hydrogen) atoms. The lowest BCUT2D eigenvalue weighted by Gasteiger charge is -2.19. The van der Waals surface area contributed by atoms with Gasteiger partial charge in [-0.15, -0.1) is 5.10 Å². The molecule has 0 amide bonds. The highest BCUT2D eigenvalue weighted by Gasteiger charge is 2.22. The average Bonchev–Trinajstić information content (AvgIpc) is 3.44. The van der Waals surface area contributed by atoms with Crippen molar-refractivity contribution in [2.45, 2.75) is 19.1 Å². The van der Waals surface area contributed by atoms with E-state index in [1.54, 1.807) is 0 Å². The number of H-pyrrole nitrogens is 1. The van der Waals surface area contributed by atoms with Crippen molar-refractivity contribution in [1.82, 2.24) is 30.5 Å². The predicted octanol–water partition coefficient (Wildman–Crippen LogP) is 5.50. The summed E-state index contributed by atoms with van der Waals surface area (Å²) in [7, 11) is 0. The summed E-state index contributed by atoms with van der Waals surface area (Å²) in [6, 6.07) is 24.1. The molecule has 0 aliphatic rings. The Balaban J connectivity index is 1.47. The molecule has 5 rings (SSSR count). The highest BCUT2D eigenvalue weighted by Crippen LogP contribution is 2.25. The van der Waals surface area contributed by atoms with Crippen molar-refractivity contribution in [1.29, 1.82) is 0 Å². The van der Waals surface area contributed by atoms with E-state index in [9.17, 15) is 0 Å². The SMILES string of the molecule is Clc1ccc(CNC(c2ccc(Br)cc2)c2nnnn2Cc2c[nH]c3ccccc23)cc1. The Morgan fingerprint density at radius 1 is 1.00 bits per heavy atom. The van der Waals surface area contributed by atoms with Crippen LogP contribution in [0.15, 0.2) is 83.5 Å². The van der Waals surface area contributed by atoms with Crippen LogP contribution in [0.1, 0.15) is 28.6 Å². The predicted molar refractivity (Wildman–Crippen MR) is 129 cm³/mol. The first-order valence-electron chi connectivity index (χ1n) is 10.2. The number of benzene rings is 3. The van der Waals surface area contributed by atoms with Gasteiger partial charge < -0.3 is 4.98 Å². The van der Waals surface area contributed by atoms with Crippen molar-refractivity contribution >= 4 is 38.4 Å². The van der Waals surface area contributed by atoms with E-state index in [1.165, 1.54) is 5.39 Å². The molecule has 2 aromatic heterocycles. The van der Waals surface area contributed by atoms with Gasteiger partial charge in [-0.3, -0.25) is 5.32 Å². The first-order chi connectivity index (χ1) is 15.7. The molecular weight excluding hydrogens is 488 g/mol. The van der Waals surface area contributed by atoms with Gasteiger partial charge in [-0.05, 0) is 57.4 Å². The van der Waals surface area contributed by atoms with Crippen LogP contribution in [0.4, 0.5) is 0 Å². The van der Waals surface area contributed by atoms with E-state index in [0.29, 0.717) is 13.1 Å². The highest BCUT2D eigenvalue weighted by molar-refractivity contribution is 9.10. The Labute approximate surface area is 198 Å². The molecule has 0 radical (unpaired) electrons. The second-order valence-corrected chi connectivity index (χ2v) is 8.90. The molecule has 160 valence electrons. The van der Waals surface area contributed by atoms with Crippen LogP contribution in [0.2, 0.25) is 5.02 Å². The van der Waals surface area contributed by atoms with Crippen molar-refractivity contribution in [3.05, 3.63) is 111 Å². The first kappa shape index (κ1) is 20.9. The zero-order valence-electron chi connectivity index (χ0n) is 17.0. The number of hydrogen-bond donors (Lipinski definition) is 2. The maximum atomic E-state index is 6.04. The Kier molecular flexibility index (Phi) is 6.03. The van der Waals surface area contributed by atoms with E-state index in [1.807, 2.05) is 59.4 Å². The van der Waals surface area contributed by atoms with Crippen LogP contribution in [0, 0.1) is 0 Å². The van der Waals surface area contributed by atoms with E-state index in [0.717, 1.165) is 37.5 Å². The zero-order valence-corrected chi connectivity index (χ0v) is 19.4. The largest absolute Gasteiger partial charge is 0.361 e. The summed E-state index contributed by atoms with van der Waals surface area (Å²) in [5.41, 5.74) is 4.45. The number of aromatic amines is 1. The number of para-hydroxylation sites is 1. The van der Waals surface area contributed by atoms with Crippen LogP contribution in [0.25, 0.3) is 10.9 Å². The first-order valence-corrected chi connectivity index (χ1v) is 11.4. The maximum absolute atomic E-state index is 6.04. The normalized spacial score (nSPS) is 12.3. The van der Waals surface area contributed by atoms with Crippen LogP contribution in [-0.2, 0) is 13.1 Å². The fourth-order valence-corrected chi connectivity index (χ4v) is 4.18. The quantitative estimate of drug-likeness (QED) is 0.305. The number of rotatable bonds is 7. The molecule has 0 saturated carbocycles. The molecule has 2 heterocycles. The lowest BCUT2D eigenvalue weighted by molar-refractivity contribution is 0.526. The van der Waals surface area contributed by atoms with Crippen molar-refractivity contribution in [3.63, 3.8) is 0 Å². The summed E-state index contributed by atoms with van der Waals surface area (Å²) in [6.07, 6.45) is 2.02. The lowest BCUT2D eigenvalue weighted by Crippen LogP contribution is -2.26.